The third kappa shape index (κ3) is 3.27. The summed E-state index contributed by atoms with van der Waals surface area (Å²) in [6, 6.07) is 9.24. The van der Waals surface area contributed by atoms with Crippen molar-refractivity contribution in [2.24, 2.45) is 0 Å². The fourth-order valence-electron chi connectivity index (χ4n) is 1.87. The molecule has 1 aromatic carbocycles. The van der Waals surface area contributed by atoms with E-state index in [2.05, 4.69) is 20.9 Å². The zero-order chi connectivity index (χ0) is 14.7. The maximum atomic E-state index is 11.2. The highest BCUT2D eigenvalue weighted by molar-refractivity contribution is 9.10. The first-order valence-corrected chi connectivity index (χ1v) is 6.71. The quantitative estimate of drug-likeness (QED) is 0.897. The molecule has 0 aliphatic rings. The van der Waals surface area contributed by atoms with Crippen molar-refractivity contribution >= 4 is 33.4 Å². The van der Waals surface area contributed by atoms with Gasteiger partial charge < -0.3 is 15.7 Å². The van der Waals surface area contributed by atoms with E-state index in [4.69, 9.17) is 5.73 Å². The summed E-state index contributed by atoms with van der Waals surface area (Å²) in [5, 5.41) is 9.21. The first-order chi connectivity index (χ1) is 9.47. The van der Waals surface area contributed by atoms with Crippen molar-refractivity contribution in [3.05, 3.63) is 52.1 Å². The number of benzene rings is 1. The van der Waals surface area contributed by atoms with Crippen LogP contribution in [0.15, 0.2) is 41.0 Å². The zero-order valence-electron chi connectivity index (χ0n) is 10.9. The molecule has 0 fully saturated rings. The Balaban J connectivity index is 2.27. The molecule has 0 saturated heterocycles. The van der Waals surface area contributed by atoms with Gasteiger partial charge in [-0.1, -0.05) is 28.1 Å². The van der Waals surface area contributed by atoms with E-state index < -0.39 is 5.97 Å². The van der Waals surface area contributed by atoms with Crippen molar-refractivity contribution in [3.8, 4) is 0 Å². The SMILES string of the molecule is CN(Cc1ccc(Br)cc1)c1ncc(N)cc1C(=O)O. The summed E-state index contributed by atoms with van der Waals surface area (Å²) >= 11 is 3.38. The standard InChI is InChI=1S/C14H14BrN3O2/c1-18(8-9-2-4-10(15)5-3-9)13-12(14(19)20)6-11(16)7-17-13/h2-7H,8,16H2,1H3,(H,19,20). The minimum atomic E-state index is -1.04. The van der Waals surface area contributed by atoms with Crippen LogP contribution in [0.1, 0.15) is 15.9 Å². The number of carbonyl (C=O) groups is 1. The molecule has 1 aromatic heterocycles. The Bertz CT molecular complexity index is 629. The molecule has 0 bridgehead atoms. The van der Waals surface area contributed by atoms with Crippen molar-refractivity contribution in [1.29, 1.82) is 0 Å². The molecule has 0 unspecified atom stereocenters. The number of aromatic carboxylic acids is 1. The first-order valence-electron chi connectivity index (χ1n) is 5.92. The Morgan fingerprint density at radius 3 is 2.65 bits per heavy atom. The lowest BCUT2D eigenvalue weighted by molar-refractivity contribution is 0.0697. The van der Waals surface area contributed by atoms with Gasteiger partial charge in [-0.15, -0.1) is 0 Å². The van der Waals surface area contributed by atoms with Crippen molar-refractivity contribution in [2.75, 3.05) is 17.7 Å². The highest BCUT2D eigenvalue weighted by Crippen LogP contribution is 2.21. The summed E-state index contributed by atoms with van der Waals surface area (Å²) in [7, 11) is 1.80. The molecule has 0 atom stereocenters. The molecule has 104 valence electrons. The Morgan fingerprint density at radius 1 is 1.40 bits per heavy atom. The minimum absolute atomic E-state index is 0.101. The number of carboxylic acid groups (broad SMARTS) is 1. The van der Waals surface area contributed by atoms with Crippen LogP contribution in [0.3, 0.4) is 0 Å². The first kappa shape index (κ1) is 14.3. The molecule has 3 N–H and O–H groups in total. The molecular weight excluding hydrogens is 322 g/mol. The van der Waals surface area contributed by atoms with Crippen LogP contribution in [0, 0.1) is 0 Å². The number of aromatic nitrogens is 1. The van der Waals surface area contributed by atoms with Gasteiger partial charge in [0.05, 0.1) is 11.9 Å². The van der Waals surface area contributed by atoms with Crippen LogP contribution in [0.25, 0.3) is 0 Å². The van der Waals surface area contributed by atoms with Gasteiger partial charge in [-0.05, 0) is 23.8 Å². The number of hydrogen-bond donors (Lipinski definition) is 2. The van der Waals surface area contributed by atoms with Crippen LogP contribution in [0.2, 0.25) is 0 Å². The number of nitrogens with zero attached hydrogens (tertiary/aromatic N) is 2. The van der Waals surface area contributed by atoms with Crippen LogP contribution in [0.4, 0.5) is 11.5 Å². The van der Waals surface area contributed by atoms with Gasteiger partial charge in [0.1, 0.15) is 11.4 Å². The monoisotopic (exact) mass is 335 g/mol. The third-order valence-corrected chi connectivity index (χ3v) is 3.34. The smallest absolute Gasteiger partial charge is 0.339 e. The van der Waals surface area contributed by atoms with Crippen molar-refractivity contribution in [3.63, 3.8) is 0 Å². The molecule has 0 amide bonds. The summed E-state index contributed by atoms with van der Waals surface area (Å²) in [5.41, 5.74) is 7.08. The molecule has 2 rings (SSSR count). The van der Waals surface area contributed by atoms with E-state index in [9.17, 15) is 9.90 Å². The van der Waals surface area contributed by atoms with Gasteiger partial charge in [0.2, 0.25) is 0 Å². The number of pyridine rings is 1. The van der Waals surface area contributed by atoms with Crippen molar-refractivity contribution in [1.82, 2.24) is 4.98 Å². The molecule has 1 heterocycles. The Labute approximate surface area is 125 Å². The molecule has 0 aliphatic carbocycles. The molecule has 5 nitrogen and oxygen atoms in total. The number of hydrogen-bond acceptors (Lipinski definition) is 4. The predicted octanol–water partition coefficient (Wildman–Crippen LogP) is 2.76. The second-order valence-corrected chi connectivity index (χ2v) is 5.34. The molecule has 0 radical (unpaired) electrons. The normalized spacial score (nSPS) is 10.3. The van der Waals surface area contributed by atoms with Gasteiger partial charge in [0.15, 0.2) is 0 Å². The number of rotatable bonds is 4. The number of carboxylic acids is 1. The maximum absolute atomic E-state index is 11.2. The molecule has 0 saturated carbocycles. The summed E-state index contributed by atoms with van der Waals surface area (Å²) in [6.07, 6.45) is 1.46. The van der Waals surface area contributed by atoms with Gasteiger partial charge in [-0.2, -0.15) is 0 Å². The lowest BCUT2D eigenvalue weighted by Gasteiger charge is -2.20. The van der Waals surface area contributed by atoms with E-state index in [-0.39, 0.29) is 5.56 Å². The summed E-state index contributed by atoms with van der Waals surface area (Å²) in [4.78, 5) is 17.2. The van der Waals surface area contributed by atoms with Gasteiger partial charge >= 0.3 is 5.97 Å². The van der Waals surface area contributed by atoms with Gasteiger partial charge in [0.25, 0.3) is 0 Å². The Hall–Kier alpha value is -2.08. The predicted molar refractivity (Wildman–Crippen MR) is 81.9 cm³/mol. The van der Waals surface area contributed by atoms with E-state index in [1.165, 1.54) is 12.3 Å². The number of nitrogens with two attached hydrogens (primary N) is 1. The van der Waals surface area contributed by atoms with Crippen LogP contribution < -0.4 is 10.6 Å². The van der Waals surface area contributed by atoms with Crippen LogP contribution >= 0.6 is 15.9 Å². The van der Waals surface area contributed by atoms with Gasteiger partial charge in [-0.3, -0.25) is 0 Å². The fraction of sp³-hybridized carbons (Fsp3) is 0.143. The maximum Gasteiger partial charge on any atom is 0.339 e. The van der Waals surface area contributed by atoms with E-state index in [1.807, 2.05) is 24.3 Å². The number of halogens is 1. The minimum Gasteiger partial charge on any atom is -0.478 e. The van der Waals surface area contributed by atoms with Crippen molar-refractivity contribution < 1.29 is 9.90 Å². The second-order valence-electron chi connectivity index (χ2n) is 4.43. The average Bonchev–Trinajstić information content (AvgIpc) is 2.41. The lowest BCUT2D eigenvalue weighted by Crippen LogP contribution is -2.21. The highest BCUT2D eigenvalue weighted by Gasteiger charge is 2.15. The molecule has 0 spiro atoms. The van der Waals surface area contributed by atoms with Crippen LogP contribution in [-0.4, -0.2) is 23.1 Å². The van der Waals surface area contributed by atoms with E-state index >= 15 is 0 Å². The highest BCUT2D eigenvalue weighted by atomic mass is 79.9. The van der Waals surface area contributed by atoms with E-state index in [0.29, 0.717) is 18.1 Å². The second kappa shape index (κ2) is 5.92. The summed E-state index contributed by atoms with van der Waals surface area (Å²) < 4.78 is 1.00. The molecule has 6 heteroatoms. The summed E-state index contributed by atoms with van der Waals surface area (Å²) in [5.74, 6) is -0.642. The van der Waals surface area contributed by atoms with E-state index in [0.717, 1.165) is 10.0 Å². The molecule has 20 heavy (non-hydrogen) atoms. The molecule has 2 aromatic rings. The molecular formula is C14H14BrN3O2. The Morgan fingerprint density at radius 2 is 2.05 bits per heavy atom. The molecule has 0 aliphatic heterocycles. The third-order valence-electron chi connectivity index (χ3n) is 2.81. The van der Waals surface area contributed by atoms with Gasteiger partial charge in [-0.25, -0.2) is 9.78 Å². The number of anilines is 2. The number of nitrogen functional groups attached to an aromatic ring is 1. The van der Waals surface area contributed by atoms with E-state index in [1.54, 1.807) is 11.9 Å². The van der Waals surface area contributed by atoms with Gasteiger partial charge in [0, 0.05) is 18.1 Å². The van der Waals surface area contributed by atoms with Crippen LogP contribution in [0.5, 0.6) is 0 Å². The lowest BCUT2D eigenvalue weighted by atomic mass is 10.2. The van der Waals surface area contributed by atoms with Crippen molar-refractivity contribution in [2.45, 2.75) is 6.54 Å². The largest absolute Gasteiger partial charge is 0.478 e. The topological polar surface area (TPSA) is 79.5 Å². The fourth-order valence-corrected chi connectivity index (χ4v) is 2.14. The Kier molecular flexibility index (Phi) is 4.24. The average molecular weight is 336 g/mol. The zero-order valence-corrected chi connectivity index (χ0v) is 12.5. The summed E-state index contributed by atoms with van der Waals surface area (Å²) in [6.45, 7) is 0.560. The van der Waals surface area contributed by atoms with Crippen LogP contribution in [-0.2, 0) is 6.54 Å².